The maximum absolute atomic E-state index is 12.2. The Morgan fingerprint density at radius 1 is 1.35 bits per heavy atom. The highest BCUT2D eigenvalue weighted by Crippen LogP contribution is 2.19. The van der Waals surface area contributed by atoms with Crippen LogP contribution in [0.25, 0.3) is 0 Å². The molecule has 0 aliphatic heterocycles. The van der Waals surface area contributed by atoms with Crippen LogP contribution in [0.15, 0.2) is 0 Å². The van der Waals surface area contributed by atoms with Crippen molar-refractivity contribution in [2.75, 3.05) is 0 Å². The smallest absolute Gasteiger partial charge is 0.307 e. The van der Waals surface area contributed by atoms with Crippen molar-refractivity contribution in [2.24, 2.45) is 0 Å². The predicted molar refractivity (Wildman–Crippen MR) is 75.6 cm³/mol. The minimum Gasteiger partial charge on any atom is -0.481 e. The summed E-state index contributed by atoms with van der Waals surface area (Å²) in [6, 6.07) is -0.476. The number of carbonyl (C=O) groups excluding carboxylic acids is 1. The average molecular weight is 281 g/mol. The lowest BCUT2D eigenvalue weighted by Gasteiger charge is -2.24. The van der Waals surface area contributed by atoms with Gasteiger partial charge >= 0.3 is 5.97 Å². The van der Waals surface area contributed by atoms with Crippen LogP contribution in [0.4, 0.5) is 0 Å². The van der Waals surface area contributed by atoms with Crippen molar-refractivity contribution in [1.29, 1.82) is 0 Å². The average Bonchev–Trinajstić information content (AvgIpc) is 2.53. The fourth-order valence-electron chi connectivity index (χ4n) is 2.07. The monoisotopic (exact) mass is 281 g/mol. The number of carboxylic acids is 1. The normalized spacial score (nSPS) is 13.1. The highest BCUT2D eigenvalue weighted by atomic mass is 16.4. The first-order chi connectivity index (χ1) is 9.03. The molecule has 0 bridgehead atoms. The first-order valence-corrected chi connectivity index (χ1v) is 6.61. The Kier molecular flexibility index (Phi) is 4.57. The topological polar surface area (TPSA) is 84.2 Å². The summed E-state index contributed by atoms with van der Waals surface area (Å²) in [5, 5.41) is 16.1. The third kappa shape index (κ3) is 3.82. The molecule has 1 amide bonds. The van der Waals surface area contributed by atoms with E-state index in [0.29, 0.717) is 11.3 Å². The van der Waals surface area contributed by atoms with Gasteiger partial charge in [0.1, 0.15) is 6.04 Å². The number of aryl methyl sites for hydroxylation is 1. The molecule has 0 aliphatic carbocycles. The number of nitrogens with zero attached hydrogens (tertiary/aromatic N) is 2. The van der Waals surface area contributed by atoms with E-state index in [4.69, 9.17) is 5.11 Å². The maximum Gasteiger partial charge on any atom is 0.307 e. The van der Waals surface area contributed by atoms with E-state index in [1.165, 1.54) is 0 Å². The van der Waals surface area contributed by atoms with E-state index < -0.39 is 12.0 Å². The number of rotatable bonds is 4. The van der Waals surface area contributed by atoms with Gasteiger partial charge in [-0.15, -0.1) is 0 Å². The fraction of sp³-hybridized carbons (Fsp3) is 0.643. The standard InChI is InChI=1S/C14H23N3O3/c1-8-11(7-12(18)19)9(2)17(16-8)10(3)13(20)15-14(4,5)6/h10H,7H2,1-6H3,(H,15,20)(H,18,19). The molecule has 1 aromatic rings. The fourth-order valence-corrected chi connectivity index (χ4v) is 2.07. The molecule has 0 saturated carbocycles. The molecule has 0 spiro atoms. The minimum atomic E-state index is -0.900. The van der Waals surface area contributed by atoms with E-state index >= 15 is 0 Å². The van der Waals surface area contributed by atoms with Gasteiger partial charge < -0.3 is 10.4 Å². The second kappa shape index (κ2) is 5.64. The number of amides is 1. The molecule has 0 aliphatic rings. The van der Waals surface area contributed by atoms with Gasteiger partial charge in [0.2, 0.25) is 5.91 Å². The van der Waals surface area contributed by atoms with Gasteiger partial charge in [-0.05, 0) is 41.5 Å². The van der Waals surface area contributed by atoms with Crippen LogP contribution in [-0.4, -0.2) is 32.3 Å². The zero-order valence-electron chi connectivity index (χ0n) is 12.9. The van der Waals surface area contributed by atoms with Crippen LogP contribution >= 0.6 is 0 Å². The number of nitrogens with one attached hydrogen (secondary N) is 1. The largest absolute Gasteiger partial charge is 0.481 e. The second-order valence-corrected chi connectivity index (χ2v) is 6.08. The van der Waals surface area contributed by atoms with Crippen molar-refractivity contribution in [1.82, 2.24) is 15.1 Å². The zero-order chi connectivity index (χ0) is 15.7. The van der Waals surface area contributed by atoms with Gasteiger partial charge in [-0.1, -0.05) is 0 Å². The molecular formula is C14H23N3O3. The molecular weight excluding hydrogens is 258 g/mol. The summed E-state index contributed by atoms with van der Waals surface area (Å²) in [6.07, 6.45) is -0.0781. The minimum absolute atomic E-state index is 0.0781. The van der Waals surface area contributed by atoms with Crippen molar-refractivity contribution in [3.8, 4) is 0 Å². The molecule has 112 valence electrons. The van der Waals surface area contributed by atoms with Crippen LogP contribution < -0.4 is 5.32 Å². The van der Waals surface area contributed by atoms with Gasteiger partial charge in [-0.3, -0.25) is 14.3 Å². The molecule has 1 atom stereocenters. The Labute approximate surface area is 119 Å². The summed E-state index contributed by atoms with van der Waals surface area (Å²) in [5.41, 5.74) is 1.74. The molecule has 6 heteroatoms. The first kappa shape index (κ1) is 16.2. The molecule has 1 heterocycles. The number of hydrogen-bond donors (Lipinski definition) is 2. The SMILES string of the molecule is Cc1nn(C(C)C(=O)NC(C)(C)C)c(C)c1CC(=O)O. The van der Waals surface area contributed by atoms with E-state index in [2.05, 4.69) is 10.4 Å². The number of aromatic nitrogens is 2. The quantitative estimate of drug-likeness (QED) is 0.878. The third-order valence-corrected chi connectivity index (χ3v) is 3.05. The van der Waals surface area contributed by atoms with Gasteiger partial charge in [0.05, 0.1) is 12.1 Å². The Morgan fingerprint density at radius 2 is 1.90 bits per heavy atom. The van der Waals surface area contributed by atoms with Crippen LogP contribution in [-0.2, 0) is 16.0 Å². The summed E-state index contributed by atoms with van der Waals surface area (Å²) in [4.78, 5) is 23.0. The van der Waals surface area contributed by atoms with Crippen LogP contribution in [0.5, 0.6) is 0 Å². The highest BCUT2D eigenvalue weighted by molar-refractivity contribution is 5.80. The van der Waals surface area contributed by atoms with Crippen molar-refractivity contribution in [2.45, 2.75) is 59.5 Å². The van der Waals surface area contributed by atoms with E-state index in [1.54, 1.807) is 25.5 Å². The molecule has 0 aromatic carbocycles. The summed E-state index contributed by atoms with van der Waals surface area (Å²) in [6.45, 7) is 11.0. The Morgan fingerprint density at radius 3 is 2.35 bits per heavy atom. The Balaban J connectivity index is 3.03. The van der Waals surface area contributed by atoms with E-state index in [0.717, 1.165) is 5.69 Å². The molecule has 1 aromatic heterocycles. The van der Waals surface area contributed by atoms with Gasteiger partial charge in [0.25, 0.3) is 0 Å². The number of carboxylic acid groups (broad SMARTS) is 1. The van der Waals surface area contributed by atoms with E-state index in [1.807, 2.05) is 20.8 Å². The van der Waals surface area contributed by atoms with Gasteiger partial charge in [-0.25, -0.2) is 0 Å². The first-order valence-electron chi connectivity index (χ1n) is 6.61. The van der Waals surface area contributed by atoms with Crippen LogP contribution in [0.1, 0.15) is 50.7 Å². The summed E-state index contributed by atoms with van der Waals surface area (Å²) in [5.74, 6) is -1.03. The van der Waals surface area contributed by atoms with Gasteiger partial charge in [-0.2, -0.15) is 5.10 Å². The summed E-state index contributed by atoms with van der Waals surface area (Å²) < 4.78 is 1.59. The molecule has 2 N–H and O–H groups in total. The summed E-state index contributed by atoms with van der Waals surface area (Å²) in [7, 11) is 0. The molecule has 20 heavy (non-hydrogen) atoms. The van der Waals surface area contributed by atoms with Crippen molar-refractivity contribution in [3.63, 3.8) is 0 Å². The second-order valence-electron chi connectivity index (χ2n) is 6.08. The van der Waals surface area contributed by atoms with Crippen LogP contribution in [0, 0.1) is 13.8 Å². The lowest BCUT2D eigenvalue weighted by Crippen LogP contribution is -2.44. The van der Waals surface area contributed by atoms with Crippen molar-refractivity contribution < 1.29 is 14.7 Å². The molecule has 0 saturated heterocycles. The number of hydrogen-bond acceptors (Lipinski definition) is 3. The predicted octanol–water partition coefficient (Wildman–Crippen LogP) is 1.60. The summed E-state index contributed by atoms with van der Waals surface area (Å²) >= 11 is 0. The number of carbonyl (C=O) groups is 2. The number of aliphatic carboxylic acids is 1. The maximum atomic E-state index is 12.2. The Hall–Kier alpha value is -1.85. The van der Waals surface area contributed by atoms with Gasteiger partial charge in [0.15, 0.2) is 0 Å². The van der Waals surface area contributed by atoms with Crippen LogP contribution in [0.2, 0.25) is 0 Å². The van der Waals surface area contributed by atoms with E-state index in [-0.39, 0.29) is 17.9 Å². The van der Waals surface area contributed by atoms with Crippen LogP contribution in [0.3, 0.4) is 0 Å². The molecule has 1 rings (SSSR count). The van der Waals surface area contributed by atoms with Crippen molar-refractivity contribution >= 4 is 11.9 Å². The lowest BCUT2D eigenvalue weighted by atomic mass is 10.1. The molecule has 6 nitrogen and oxygen atoms in total. The van der Waals surface area contributed by atoms with Gasteiger partial charge in [0, 0.05) is 16.8 Å². The molecule has 1 unspecified atom stereocenters. The van der Waals surface area contributed by atoms with Crippen molar-refractivity contribution in [3.05, 3.63) is 17.0 Å². The lowest BCUT2D eigenvalue weighted by molar-refractivity contribution is -0.136. The zero-order valence-corrected chi connectivity index (χ0v) is 12.9. The Bertz CT molecular complexity index is 527. The molecule has 0 fully saturated rings. The van der Waals surface area contributed by atoms with E-state index in [9.17, 15) is 9.59 Å². The molecule has 0 radical (unpaired) electrons. The third-order valence-electron chi connectivity index (χ3n) is 3.05. The highest BCUT2D eigenvalue weighted by Gasteiger charge is 2.24.